The van der Waals surface area contributed by atoms with E-state index < -0.39 is 0 Å². The van der Waals surface area contributed by atoms with Crippen molar-refractivity contribution in [2.24, 2.45) is 5.73 Å². The van der Waals surface area contributed by atoms with Gasteiger partial charge in [-0.2, -0.15) is 0 Å². The monoisotopic (exact) mass is 220 g/mol. The maximum atomic E-state index is 8.81. The molecule has 0 heterocycles. The van der Waals surface area contributed by atoms with Crippen molar-refractivity contribution >= 4 is 0 Å². The summed E-state index contributed by atoms with van der Waals surface area (Å²) in [5.74, 6) is 0. The first-order chi connectivity index (χ1) is 7.24. The molecule has 0 spiro atoms. The zero-order valence-electron chi connectivity index (χ0n) is 9.82. The summed E-state index contributed by atoms with van der Waals surface area (Å²) in [5.41, 5.74) is 5.64. The van der Waals surface area contributed by atoms with Gasteiger partial charge in [0, 0.05) is 33.4 Å². The Morgan fingerprint density at radius 1 is 1.13 bits per heavy atom. The van der Waals surface area contributed by atoms with E-state index in [1.165, 1.54) is 0 Å². The van der Waals surface area contributed by atoms with Crippen LogP contribution in [0.2, 0.25) is 0 Å². The van der Waals surface area contributed by atoms with Crippen molar-refractivity contribution in [1.82, 2.24) is 4.90 Å². The molecule has 0 aliphatic carbocycles. The fourth-order valence-corrected chi connectivity index (χ4v) is 1.22. The fourth-order valence-electron chi connectivity index (χ4n) is 1.22. The van der Waals surface area contributed by atoms with E-state index in [0.29, 0.717) is 13.2 Å². The lowest BCUT2D eigenvalue weighted by atomic mass is 10.2. The molecule has 0 aromatic carbocycles. The van der Waals surface area contributed by atoms with E-state index in [2.05, 4.69) is 4.90 Å². The minimum atomic E-state index is -0.127. The van der Waals surface area contributed by atoms with Crippen LogP contribution in [-0.2, 0) is 9.47 Å². The lowest BCUT2D eigenvalue weighted by Gasteiger charge is -2.22. The molecule has 0 saturated carbocycles. The second-order valence-electron chi connectivity index (χ2n) is 3.56. The third-order valence-corrected chi connectivity index (χ3v) is 2.27. The Balaban J connectivity index is 3.67. The fraction of sp³-hybridized carbons (Fsp3) is 1.00. The second kappa shape index (κ2) is 10.3. The van der Waals surface area contributed by atoms with E-state index in [1.54, 1.807) is 14.2 Å². The van der Waals surface area contributed by atoms with Crippen LogP contribution in [0, 0.1) is 0 Å². The highest BCUT2D eigenvalue weighted by Crippen LogP contribution is 1.95. The molecular formula is C10H24N2O3. The van der Waals surface area contributed by atoms with Gasteiger partial charge in [0.1, 0.15) is 0 Å². The molecule has 5 nitrogen and oxygen atoms in total. The average molecular weight is 220 g/mol. The molecule has 1 unspecified atom stereocenters. The van der Waals surface area contributed by atoms with Crippen LogP contribution in [0.25, 0.3) is 0 Å². The van der Waals surface area contributed by atoms with E-state index in [0.717, 1.165) is 26.1 Å². The van der Waals surface area contributed by atoms with Crippen LogP contribution in [0.15, 0.2) is 0 Å². The quantitative estimate of drug-likeness (QED) is 0.509. The molecule has 0 rings (SSSR count). The first kappa shape index (κ1) is 14.8. The Hall–Kier alpha value is -0.200. The van der Waals surface area contributed by atoms with Gasteiger partial charge in [0.15, 0.2) is 0 Å². The van der Waals surface area contributed by atoms with Crippen molar-refractivity contribution in [3.8, 4) is 0 Å². The standard InChI is InChI=1S/C10H24N2O3/c1-14-7-5-12(6-8-15-2)4-3-10(11)9-13/h10,13H,3-9,11H2,1-2H3. The first-order valence-electron chi connectivity index (χ1n) is 5.31. The topological polar surface area (TPSA) is 68.0 Å². The van der Waals surface area contributed by atoms with Gasteiger partial charge in [0.2, 0.25) is 0 Å². The highest BCUT2D eigenvalue weighted by atomic mass is 16.5. The number of hydrogen-bond donors (Lipinski definition) is 2. The Kier molecular flexibility index (Phi) is 10.2. The molecule has 0 aromatic rings. The number of aliphatic hydroxyl groups excluding tert-OH is 1. The molecule has 0 saturated heterocycles. The summed E-state index contributed by atoms with van der Waals surface area (Å²) in [7, 11) is 3.38. The predicted molar refractivity (Wildman–Crippen MR) is 59.9 cm³/mol. The van der Waals surface area contributed by atoms with Gasteiger partial charge in [0.05, 0.1) is 19.8 Å². The molecule has 1 atom stereocenters. The summed E-state index contributed by atoms with van der Waals surface area (Å²) in [4.78, 5) is 2.22. The van der Waals surface area contributed by atoms with E-state index >= 15 is 0 Å². The first-order valence-corrected chi connectivity index (χ1v) is 5.31. The third kappa shape index (κ3) is 8.77. The normalized spacial score (nSPS) is 13.4. The van der Waals surface area contributed by atoms with Crippen LogP contribution < -0.4 is 5.73 Å². The molecule has 0 aliphatic rings. The van der Waals surface area contributed by atoms with E-state index in [9.17, 15) is 0 Å². The Bertz CT molecular complexity index is 128. The number of hydrogen-bond acceptors (Lipinski definition) is 5. The molecular weight excluding hydrogens is 196 g/mol. The van der Waals surface area contributed by atoms with Crippen LogP contribution in [0.1, 0.15) is 6.42 Å². The lowest BCUT2D eigenvalue weighted by Crippen LogP contribution is -2.36. The summed E-state index contributed by atoms with van der Waals surface area (Å²) >= 11 is 0. The average Bonchev–Trinajstić information content (AvgIpc) is 2.27. The summed E-state index contributed by atoms with van der Waals surface area (Å²) in [6.07, 6.45) is 0.796. The van der Waals surface area contributed by atoms with Gasteiger partial charge in [-0.05, 0) is 13.0 Å². The minimum absolute atomic E-state index is 0.0440. The van der Waals surface area contributed by atoms with Crippen molar-refractivity contribution in [3.05, 3.63) is 0 Å². The molecule has 3 N–H and O–H groups in total. The van der Waals surface area contributed by atoms with E-state index in [1.807, 2.05) is 0 Å². The van der Waals surface area contributed by atoms with Crippen molar-refractivity contribution in [2.75, 3.05) is 53.7 Å². The van der Waals surface area contributed by atoms with Gasteiger partial charge in [-0.3, -0.25) is 4.90 Å². The van der Waals surface area contributed by atoms with Gasteiger partial charge >= 0.3 is 0 Å². The van der Waals surface area contributed by atoms with E-state index in [4.69, 9.17) is 20.3 Å². The van der Waals surface area contributed by atoms with Gasteiger partial charge in [-0.1, -0.05) is 0 Å². The van der Waals surface area contributed by atoms with Crippen molar-refractivity contribution < 1.29 is 14.6 Å². The largest absolute Gasteiger partial charge is 0.395 e. The summed E-state index contributed by atoms with van der Waals surface area (Å²) in [6.45, 7) is 4.07. The maximum absolute atomic E-state index is 8.81. The van der Waals surface area contributed by atoms with Crippen molar-refractivity contribution in [1.29, 1.82) is 0 Å². The molecule has 0 amide bonds. The number of nitrogens with two attached hydrogens (primary N) is 1. The Morgan fingerprint density at radius 3 is 2.07 bits per heavy atom. The van der Waals surface area contributed by atoms with Crippen LogP contribution >= 0.6 is 0 Å². The van der Waals surface area contributed by atoms with Gasteiger partial charge < -0.3 is 20.3 Å². The zero-order valence-corrected chi connectivity index (χ0v) is 9.82. The van der Waals surface area contributed by atoms with Gasteiger partial charge in [-0.25, -0.2) is 0 Å². The predicted octanol–water partition coefficient (Wildman–Crippen LogP) is -0.709. The molecule has 92 valence electrons. The summed E-state index contributed by atoms with van der Waals surface area (Å²) in [6, 6.07) is -0.127. The lowest BCUT2D eigenvalue weighted by molar-refractivity contribution is 0.110. The Labute approximate surface area is 92.1 Å². The van der Waals surface area contributed by atoms with Crippen LogP contribution in [0.3, 0.4) is 0 Å². The van der Waals surface area contributed by atoms with Crippen molar-refractivity contribution in [3.63, 3.8) is 0 Å². The van der Waals surface area contributed by atoms with Crippen LogP contribution in [-0.4, -0.2) is 69.7 Å². The highest BCUT2D eigenvalue weighted by Gasteiger charge is 2.07. The SMILES string of the molecule is COCCN(CCOC)CCC(N)CO. The van der Waals surface area contributed by atoms with Crippen LogP contribution in [0.5, 0.6) is 0 Å². The zero-order chi connectivity index (χ0) is 11.5. The number of nitrogens with zero attached hydrogens (tertiary/aromatic N) is 1. The van der Waals surface area contributed by atoms with Crippen molar-refractivity contribution in [2.45, 2.75) is 12.5 Å². The molecule has 15 heavy (non-hydrogen) atoms. The number of ether oxygens (including phenoxy) is 2. The maximum Gasteiger partial charge on any atom is 0.0589 e. The third-order valence-electron chi connectivity index (χ3n) is 2.27. The molecule has 0 aliphatic heterocycles. The van der Waals surface area contributed by atoms with Crippen LogP contribution in [0.4, 0.5) is 0 Å². The Morgan fingerprint density at radius 2 is 1.67 bits per heavy atom. The summed E-state index contributed by atoms with van der Waals surface area (Å²) < 4.78 is 10.0. The number of methoxy groups -OCH3 is 2. The van der Waals surface area contributed by atoms with Gasteiger partial charge in [0.25, 0.3) is 0 Å². The van der Waals surface area contributed by atoms with E-state index in [-0.39, 0.29) is 12.6 Å². The number of rotatable bonds is 10. The molecule has 0 fully saturated rings. The molecule has 0 aromatic heterocycles. The van der Waals surface area contributed by atoms with Gasteiger partial charge in [-0.15, -0.1) is 0 Å². The summed E-state index contributed by atoms with van der Waals surface area (Å²) in [5, 5.41) is 8.81. The molecule has 0 bridgehead atoms. The number of aliphatic hydroxyl groups is 1. The second-order valence-corrected chi connectivity index (χ2v) is 3.56. The molecule has 5 heteroatoms. The minimum Gasteiger partial charge on any atom is -0.395 e. The smallest absolute Gasteiger partial charge is 0.0589 e. The highest BCUT2D eigenvalue weighted by molar-refractivity contribution is 4.64. The molecule has 0 radical (unpaired) electrons.